The van der Waals surface area contributed by atoms with Crippen molar-refractivity contribution >= 4 is 32.9 Å². The van der Waals surface area contributed by atoms with E-state index in [-0.39, 0.29) is 6.79 Å². The zero-order valence-corrected chi connectivity index (χ0v) is 17.1. The first-order valence-corrected chi connectivity index (χ1v) is 10.1. The van der Waals surface area contributed by atoms with Crippen LogP contribution in [0, 0.1) is 0 Å². The van der Waals surface area contributed by atoms with Gasteiger partial charge in [-0.25, -0.2) is 15.0 Å². The average Bonchev–Trinajstić information content (AvgIpc) is 3.32. The summed E-state index contributed by atoms with van der Waals surface area (Å²) in [6, 6.07) is 14.3. The lowest BCUT2D eigenvalue weighted by Gasteiger charge is -2.10. The van der Waals surface area contributed by atoms with Crippen molar-refractivity contribution in [2.75, 3.05) is 12.5 Å². The third-order valence-corrected chi connectivity index (χ3v) is 5.73. The van der Waals surface area contributed by atoms with Gasteiger partial charge in [-0.2, -0.15) is 0 Å². The summed E-state index contributed by atoms with van der Waals surface area (Å²) < 4.78 is 14.1. The lowest BCUT2D eigenvalue weighted by atomic mass is 10.1. The molecule has 0 saturated carbocycles. The zero-order chi connectivity index (χ0) is 19.8. The van der Waals surface area contributed by atoms with Gasteiger partial charge in [0.05, 0.1) is 0 Å². The summed E-state index contributed by atoms with van der Waals surface area (Å²) in [5.41, 5.74) is 9.76. The van der Waals surface area contributed by atoms with Crippen molar-refractivity contribution < 1.29 is 9.47 Å². The van der Waals surface area contributed by atoms with Gasteiger partial charge in [-0.15, -0.1) is 0 Å². The van der Waals surface area contributed by atoms with E-state index < -0.39 is 0 Å². The van der Waals surface area contributed by atoms with E-state index in [2.05, 4.69) is 42.6 Å². The van der Waals surface area contributed by atoms with Crippen LogP contribution in [0.4, 0.5) is 5.82 Å². The first kappa shape index (κ1) is 17.9. The van der Waals surface area contributed by atoms with Crippen LogP contribution in [0.5, 0.6) is 11.5 Å². The number of benzene rings is 2. The van der Waals surface area contributed by atoms with Gasteiger partial charge in [0.25, 0.3) is 0 Å². The van der Waals surface area contributed by atoms with Crippen molar-refractivity contribution in [1.82, 2.24) is 19.5 Å². The summed E-state index contributed by atoms with van der Waals surface area (Å²) in [5, 5.41) is 0. The van der Waals surface area contributed by atoms with Gasteiger partial charge in [-0.3, -0.25) is 0 Å². The molecule has 2 aromatic carbocycles. The number of rotatable bonds is 5. The fourth-order valence-corrected chi connectivity index (χ4v) is 3.98. The molecule has 3 heterocycles. The Morgan fingerprint density at radius 1 is 1.07 bits per heavy atom. The summed E-state index contributed by atoms with van der Waals surface area (Å²) >= 11 is 3.64. The van der Waals surface area contributed by atoms with Crippen LogP contribution in [0.3, 0.4) is 0 Å². The predicted octanol–water partition coefficient (Wildman–Crippen LogP) is 3.73. The number of ether oxygens (including phenoxy) is 2. The van der Waals surface area contributed by atoms with Crippen molar-refractivity contribution in [1.29, 1.82) is 0 Å². The quantitative estimate of drug-likeness (QED) is 0.497. The van der Waals surface area contributed by atoms with Gasteiger partial charge in [0.15, 0.2) is 28.5 Å². The molecule has 8 heteroatoms. The topological polar surface area (TPSA) is 88.1 Å². The van der Waals surface area contributed by atoms with Gasteiger partial charge < -0.3 is 19.8 Å². The SMILES string of the molecule is Nc1ncnc2c1nc(Cc1cc3c(cc1Br)OCO3)n2CCc1ccccc1. The normalized spacial score (nSPS) is 12.6. The molecular formula is C21H18BrN5O2. The summed E-state index contributed by atoms with van der Waals surface area (Å²) in [6.07, 6.45) is 2.95. The standard InChI is InChI=1S/C21H18BrN5O2/c22-15-10-17-16(28-12-29-17)8-14(15)9-18-26-19-20(23)24-11-25-21(19)27(18)7-6-13-4-2-1-3-5-13/h1-5,8,10-11H,6-7,9,12H2,(H2,23,24,25). The zero-order valence-electron chi connectivity index (χ0n) is 15.5. The average molecular weight is 452 g/mol. The molecule has 146 valence electrons. The molecule has 2 aromatic heterocycles. The van der Waals surface area contributed by atoms with E-state index in [1.165, 1.54) is 11.9 Å². The second-order valence-corrected chi connectivity index (χ2v) is 7.67. The molecule has 0 bridgehead atoms. The van der Waals surface area contributed by atoms with Gasteiger partial charge >= 0.3 is 0 Å². The van der Waals surface area contributed by atoms with Gasteiger partial charge in [0.2, 0.25) is 6.79 Å². The molecule has 0 unspecified atom stereocenters. The van der Waals surface area contributed by atoms with E-state index in [4.69, 9.17) is 20.2 Å². The number of anilines is 1. The maximum Gasteiger partial charge on any atom is 0.231 e. The van der Waals surface area contributed by atoms with E-state index in [0.29, 0.717) is 17.8 Å². The highest BCUT2D eigenvalue weighted by Gasteiger charge is 2.20. The molecule has 4 aromatic rings. The Bertz CT molecular complexity index is 1190. The number of halogens is 1. The molecule has 5 rings (SSSR count). The summed E-state index contributed by atoms with van der Waals surface area (Å²) in [6.45, 7) is 0.988. The Morgan fingerprint density at radius 3 is 2.69 bits per heavy atom. The maximum atomic E-state index is 6.07. The third-order valence-electron chi connectivity index (χ3n) is 5.00. The Hall–Kier alpha value is -3.13. The highest BCUT2D eigenvalue weighted by atomic mass is 79.9. The summed E-state index contributed by atoms with van der Waals surface area (Å²) in [5.74, 6) is 2.75. The van der Waals surface area contributed by atoms with Crippen LogP contribution in [0.1, 0.15) is 17.0 Å². The van der Waals surface area contributed by atoms with Crippen molar-refractivity contribution in [3.05, 3.63) is 70.2 Å². The van der Waals surface area contributed by atoms with Crippen molar-refractivity contribution in [3.8, 4) is 11.5 Å². The van der Waals surface area contributed by atoms with Gasteiger partial charge in [-0.1, -0.05) is 46.3 Å². The van der Waals surface area contributed by atoms with Crippen LogP contribution in [0.2, 0.25) is 0 Å². The number of nitrogens with two attached hydrogens (primary N) is 1. The van der Waals surface area contributed by atoms with E-state index >= 15 is 0 Å². The molecule has 0 saturated heterocycles. The molecule has 0 spiro atoms. The van der Waals surface area contributed by atoms with Crippen LogP contribution < -0.4 is 15.2 Å². The molecule has 0 amide bonds. The van der Waals surface area contributed by atoms with Crippen LogP contribution in [-0.4, -0.2) is 26.3 Å². The van der Waals surface area contributed by atoms with Crippen LogP contribution in [-0.2, 0) is 19.4 Å². The highest BCUT2D eigenvalue weighted by molar-refractivity contribution is 9.10. The molecule has 1 aliphatic heterocycles. The fourth-order valence-electron chi connectivity index (χ4n) is 3.52. The Kier molecular flexibility index (Phi) is 4.55. The van der Waals surface area contributed by atoms with E-state index in [9.17, 15) is 0 Å². The minimum atomic E-state index is 0.243. The lowest BCUT2D eigenvalue weighted by Crippen LogP contribution is -2.08. The number of nitrogen functional groups attached to an aromatic ring is 1. The molecule has 1 aliphatic rings. The lowest BCUT2D eigenvalue weighted by molar-refractivity contribution is 0.174. The minimum absolute atomic E-state index is 0.243. The monoisotopic (exact) mass is 451 g/mol. The summed E-state index contributed by atoms with van der Waals surface area (Å²) in [4.78, 5) is 13.3. The maximum absolute atomic E-state index is 6.07. The Labute approximate surface area is 175 Å². The number of fused-ring (bicyclic) bond motifs is 2. The Balaban J connectivity index is 1.53. The molecule has 2 N–H and O–H groups in total. The Morgan fingerprint density at radius 2 is 1.86 bits per heavy atom. The molecule has 0 fully saturated rings. The minimum Gasteiger partial charge on any atom is -0.454 e. The highest BCUT2D eigenvalue weighted by Crippen LogP contribution is 2.37. The van der Waals surface area contributed by atoms with Crippen molar-refractivity contribution in [2.45, 2.75) is 19.4 Å². The number of hydrogen-bond acceptors (Lipinski definition) is 6. The second-order valence-electron chi connectivity index (χ2n) is 6.82. The predicted molar refractivity (Wildman–Crippen MR) is 113 cm³/mol. The van der Waals surface area contributed by atoms with E-state index in [0.717, 1.165) is 46.0 Å². The number of nitrogens with zero attached hydrogens (tertiary/aromatic N) is 4. The third kappa shape index (κ3) is 3.40. The molecule has 29 heavy (non-hydrogen) atoms. The number of aryl methyl sites for hydroxylation is 2. The van der Waals surface area contributed by atoms with Crippen molar-refractivity contribution in [3.63, 3.8) is 0 Å². The second kappa shape index (κ2) is 7.36. The molecule has 0 atom stereocenters. The first-order chi connectivity index (χ1) is 14.2. The molecule has 7 nitrogen and oxygen atoms in total. The smallest absolute Gasteiger partial charge is 0.231 e. The molecule has 0 radical (unpaired) electrons. The largest absolute Gasteiger partial charge is 0.454 e. The number of aromatic nitrogens is 4. The number of hydrogen-bond donors (Lipinski definition) is 1. The van der Waals surface area contributed by atoms with Crippen LogP contribution >= 0.6 is 15.9 Å². The van der Waals surface area contributed by atoms with Gasteiger partial charge in [-0.05, 0) is 29.7 Å². The van der Waals surface area contributed by atoms with E-state index in [1.807, 2.05) is 30.3 Å². The van der Waals surface area contributed by atoms with Gasteiger partial charge in [0.1, 0.15) is 12.2 Å². The summed E-state index contributed by atoms with van der Waals surface area (Å²) in [7, 11) is 0. The van der Waals surface area contributed by atoms with E-state index in [1.54, 1.807) is 0 Å². The van der Waals surface area contributed by atoms with Gasteiger partial charge in [0, 0.05) is 17.4 Å². The molecular weight excluding hydrogens is 434 g/mol. The van der Waals surface area contributed by atoms with Crippen molar-refractivity contribution in [2.24, 2.45) is 0 Å². The van der Waals surface area contributed by atoms with Crippen LogP contribution in [0.25, 0.3) is 11.2 Å². The molecule has 0 aliphatic carbocycles. The number of imidazole rings is 1. The fraction of sp³-hybridized carbons (Fsp3) is 0.190. The van der Waals surface area contributed by atoms with Crippen LogP contribution in [0.15, 0.2) is 53.3 Å². The first-order valence-electron chi connectivity index (χ1n) is 9.26.